The molecule has 2 rings (SSSR count). The van der Waals surface area contributed by atoms with Gasteiger partial charge in [-0.2, -0.15) is 4.98 Å². The molecule has 9 heteroatoms. The molecule has 0 bridgehead atoms. The summed E-state index contributed by atoms with van der Waals surface area (Å²) in [6, 6.07) is 0. The molecule has 0 aromatic carbocycles. The lowest BCUT2D eigenvalue weighted by Crippen LogP contribution is -2.34. The summed E-state index contributed by atoms with van der Waals surface area (Å²) in [6.45, 7) is -0.124. The van der Waals surface area contributed by atoms with E-state index in [2.05, 4.69) is 24.6 Å². The van der Waals surface area contributed by atoms with Crippen LogP contribution in [0.5, 0.6) is 0 Å². The third-order valence-electron chi connectivity index (χ3n) is 1.97. The number of alkyl halides is 2. The van der Waals surface area contributed by atoms with Crippen molar-refractivity contribution in [2.45, 2.75) is 12.8 Å². The maximum Gasteiger partial charge on any atom is 0.316 e. The summed E-state index contributed by atoms with van der Waals surface area (Å²) in [6.07, 6.45) is 4.26. The summed E-state index contributed by atoms with van der Waals surface area (Å²) in [5.74, 6) is -4.24. The summed E-state index contributed by atoms with van der Waals surface area (Å²) in [5, 5.41) is 5.50. The van der Waals surface area contributed by atoms with Crippen molar-refractivity contribution in [3.63, 3.8) is 0 Å². The van der Waals surface area contributed by atoms with E-state index in [1.807, 2.05) is 5.32 Å². The van der Waals surface area contributed by atoms with Crippen LogP contribution in [0, 0.1) is 0 Å². The van der Waals surface area contributed by atoms with Crippen LogP contribution in [0.1, 0.15) is 17.6 Å². The number of carbonyl (C=O) groups is 1. The third kappa shape index (κ3) is 3.50. The number of nitrogens with one attached hydrogen (secondary N) is 1. The molecular weight excluding hydrogens is 260 g/mol. The molecule has 0 fully saturated rings. The van der Waals surface area contributed by atoms with Crippen molar-refractivity contribution < 1.29 is 18.1 Å². The van der Waals surface area contributed by atoms with E-state index < -0.39 is 24.3 Å². The lowest BCUT2D eigenvalue weighted by atomic mass is 10.4. The van der Waals surface area contributed by atoms with E-state index in [4.69, 9.17) is 0 Å². The topological polar surface area (TPSA) is 93.8 Å². The Kier molecular flexibility index (Phi) is 3.45. The summed E-state index contributed by atoms with van der Waals surface area (Å²) in [4.78, 5) is 22.9. The minimum absolute atomic E-state index is 0.0570. The molecule has 2 heterocycles. The SMILES string of the molecule is CC(F)(F)CNC(=O)c1nc(-c2cnccn2)no1. The van der Waals surface area contributed by atoms with Crippen LogP contribution in [0.4, 0.5) is 8.78 Å². The molecule has 0 radical (unpaired) electrons. The van der Waals surface area contributed by atoms with Crippen molar-refractivity contribution in [1.82, 2.24) is 25.4 Å². The first kappa shape index (κ1) is 13.0. The average Bonchev–Trinajstić information content (AvgIpc) is 2.86. The summed E-state index contributed by atoms with van der Waals surface area (Å²) < 4.78 is 29.8. The molecule has 2 aromatic heterocycles. The number of carbonyl (C=O) groups excluding carboxylic acids is 1. The van der Waals surface area contributed by atoms with Gasteiger partial charge in [-0.15, -0.1) is 0 Å². The molecule has 0 unspecified atom stereocenters. The molecule has 1 N–H and O–H groups in total. The van der Waals surface area contributed by atoms with E-state index in [1.54, 1.807) is 0 Å². The normalized spacial score (nSPS) is 11.3. The molecule has 2 aromatic rings. The largest absolute Gasteiger partial charge is 0.342 e. The zero-order valence-electron chi connectivity index (χ0n) is 9.80. The van der Waals surface area contributed by atoms with E-state index in [0.717, 1.165) is 0 Å². The van der Waals surface area contributed by atoms with Gasteiger partial charge in [0.15, 0.2) is 0 Å². The highest BCUT2D eigenvalue weighted by Crippen LogP contribution is 2.12. The van der Waals surface area contributed by atoms with Crippen molar-refractivity contribution in [3.8, 4) is 11.5 Å². The number of hydrogen-bond donors (Lipinski definition) is 1. The number of rotatable bonds is 4. The van der Waals surface area contributed by atoms with Crippen molar-refractivity contribution in [2.75, 3.05) is 6.54 Å². The van der Waals surface area contributed by atoms with Crippen LogP contribution >= 0.6 is 0 Å². The Morgan fingerprint density at radius 2 is 2.26 bits per heavy atom. The van der Waals surface area contributed by atoms with Gasteiger partial charge in [0, 0.05) is 19.3 Å². The molecule has 19 heavy (non-hydrogen) atoms. The quantitative estimate of drug-likeness (QED) is 0.886. The Bertz CT molecular complexity index is 567. The van der Waals surface area contributed by atoms with Crippen LogP contribution in [0.15, 0.2) is 23.1 Å². The van der Waals surface area contributed by atoms with Gasteiger partial charge in [-0.3, -0.25) is 9.78 Å². The Balaban J connectivity index is 2.07. The second kappa shape index (κ2) is 5.04. The first-order valence-electron chi connectivity index (χ1n) is 5.22. The van der Waals surface area contributed by atoms with Crippen molar-refractivity contribution in [2.24, 2.45) is 0 Å². The minimum Gasteiger partial charge on any atom is -0.342 e. The Morgan fingerprint density at radius 3 is 2.89 bits per heavy atom. The molecule has 0 aliphatic rings. The zero-order valence-corrected chi connectivity index (χ0v) is 9.80. The number of aromatic nitrogens is 4. The number of hydrogen-bond acceptors (Lipinski definition) is 6. The van der Waals surface area contributed by atoms with E-state index in [1.165, 1.54) is 18.6 Å². The maximum atomic E-state index is 12.6. The van der Waals surface area contributed by atoms with E-state index in [9.17, 15) is 13.6 Å². The number of nitrogens with zero attached hydrogens (tertiary/aromatic N) is 4. The van der Waals surface area contributed by atoms with Gasteiger partial charge in [0.25, 0.3) is 5.92 Å². The molecule has 0 aliphatic carbocycles. The molecule has 7 nitrogen and oxygen atoms in total. The predicted molar refractivity (Wildman–Crippen MR) is 58.3 cm³/mol. The van der Waals surface area contributed by atoms with Crippen LogP contribution < -0.4 is 5.32 Å². The zero-order chi connectivity index (χ0) is 13.9. The standard InChI is InChI=1S/C10H9F2N5O2/c1-10(11,12)5-15-8(18)9-16-7(17-19-9)6-4-13-2-3-14-6/h2-4H,5H2,1H3,(H,15,18). The first-order valence-corrected chi connectivity index (χ1v) is 5.22. The van der Waals surface area contributed by atoms with Gasteiger partial charge in [-0.05, 0) is 0 Å². The predicted octanol–water partition coefficient (Wildman–Crippen LogP) is 0.912. The van der Waals surface area contributed by atoms with Crippen LogP contribution in [0.2, 0.25) is 0 Å². The summed E-state index contributed by atoms with van der Waals surface area (Å²) in [7, 11) is 0. The average molecular weight is 269 g/mol. The van der Waals surface area contributed by atoms with Crippen LogP contribution in [-0.2, 0) is 0 Å². The number of halogens is 2. The molecule has 0 saturated heterocycles. The highest BCUT2D eigenvalue weighted by atomic mass is 19.3. The third-order valence-corrected chi connectivity index (χ3v) is 1.97. The lowest BCUT2D eigenvalue weighted by molar-refractivity contribution is 0.0215. The second-order valence-corrected chi connectivity index (χ2v) is 3.77. The van der Waals surface area contributed by atoms with Gasteiger partial charge in [0.1, 0.15) is 5.69 Å². The molecule has 0 atom stereocenters. The van der Waals surface area contributed by atoms with Crippen LogP contribution in [0.25, 0.3) is 11.5 Å². The fourth-order valence-corrected chi connectivity index (χ4v) is 1.15. The summed E-state index contributed by atoms with van der Waals surface area (Å²) in [5.41, 5.74) is 0.311. The minimum atomic E-state index is -3.01. The molecule has 100 valence electrons. The van der Waals surface area contributed by atoms with Gasteiger partial charge in [0.05, 0.1) is 12.7 Å². The van der Waals surface area contributed by atoms with Crippen molar-refractivity contribution in [1.29, 1.82) is 0 Å². The van der Waals surface area contributed by atoms with Gasteiger partial charge in [0.2, 0.25) is 5.82 Å². The van der Waals surface area contributed by atoms with Gasteiger partial charge in [-0.25, -0.2) is 13.8 Å². The lowest BCUT2D eigenvalue weighted by Gasteiger charge is -2.09. The smallest absolute Gasteiger partial charge is 0.316 e. The Morgan fingerprint density at radius 1 is 1.47 bits per heavy atom. The Labute approximate surface area is 106 Å². The highest BCUT2D eigenvalue weighted by Gasteiger charge is 2.24. The van der Waals surface area contributed by atoms with E-state index in [-0.39, 0.29) is 5.82 Å². The molecular formula is C10H9F2N5O2. The van der Waals surface area contributed by atoms with Gasteiger partial charge in [-0.1, -0.05) is 5.16 Å². The summed E-state index contributed by atoms with van der Waals surface area (Å²) >= 11 is 0. The first-order chi connectivity index (χ1) is 8.96. The van der Waals surface area contributed by atoms with Crippen LogP contribution in [-0.4, -0.2) is 38.5 Å². The maximum absolute atomic E-state index is 12.6. The molecule has 0 aliphatic heterocycles. The molecule has 1 amide bonds. The Hall–Kier alpha value is -2.45. The fourth-order valence-electron chi connectivity index (χ4n) is 1.15. The van der Waals surface area contributed by atoms with E-state index >= 15 is 0 Å². The fraction of sp³-hybridized carbons (Fsp3) is 0.300. The molecule has 0 spiro atoms. The van der Waals surface area contributed by atoms with Crippen molar-refractivity contribution >= 4 is 5.91 Å². The molecule has 0 saturated carbocycles. The van der Waals surface area contributed by atoms with E-state index in [0.29, 0.717) is 12.6 Å². The van der Waals surface area contributed by atoms with Gasteiger partial charge < -0.3 is 9.84 Å². The highest BCUT2D eigenvalue weighted by molar-refractivity contribution is 5.89. The van der Waals surface area contributed by atoms with Crippen LogP contribution in [0.3, 0.4) is 0 Å². The van der Waals surface area contributed by atoms with Gasteiger partial charge >= 0.3 is 11.8 Å². The van der Waals surface area contributed by atoms with Crippen molar-refractivity contribution in [3.05, 3.63) is 24.5 Å². The monoisotopic (exact) mass is 269 g/mol. The number of amides is 1. The second-order valence-electron chi connectivity index (χ2n) is 3.77.